The van der Waals surface area contributed by atoms with Crippen molar-refractivity contribution in [2.24, 2.45) is 0 Å². The fourth-order valence-corrected chi connectivity index (χ4v) is 5.86. The molecule has 1 aromatic carbocycles. The predicted octanol–water partition coefficient (Wildman–Crippen LogP) is 4.19. The molecule has 0 atom stereocenters. The Morgan fingerprint density at radius 3 is 2.54 bits per heavy atom. The number of nitrogens with zero attached hydrogens (tertiary/aromatic N) is 2. The monoisotopic (exact) mass is 493 g/mol. The van der Waals surface area contributed by atoms with Crippen molar-refractivity contribution in [3.8, 4) is 11.1 Å². The predicted molar refractivity (Wildman–Crippen MR) is 137 cm³/mol. The maximum atomic E-state index is 12.7. The van der Waals surface area contributed by atoms with Crippen LogP contribution in [0.1, 0.15) is 43.4 Å². The summed E-state index contributed by atoms with van der Waals surface area (Å²) >= 11 is 0. The van der Waals surface area contributed by atoms with E-state index in [1.54, 1.807) is 30.5 Å². The van der Waals surface area contributed by atoms with Gasteiger partial charge < -0.3 is 15.2 Å². The van der Waals surface area contributed by atoms with Gasteiger partial charge in [0.2, 0.25) is 10.0 Å². The maximum absolute atomic E-state index is 12.7. The highest BCUT2D eigenvalue weighted by Gasteiger charge is 2.24. The number of rotatable bonds is 5. The molecule has 1 aliphatic heterocycles. The number of pyridine rings is 1. The summed E-state index contributed by atoms with van der Waals surface area (Å²) in [7, 11) is -2.08. The summed E-state index contributed by atoms with van der Waals surface area (Å²) in [5.74, 6) is 0. The van der Waals surface area contributed by atoms with Crippen molar-refractivity contribution >= 4 is 32.7 Å². The molecule has 1 aliphatic carbocycles. The number of aryl methyl sites for hydroxylation is 1. The molecule has 1 fully saturated rings. The molecule has 0 spiro atoms. The number of carbonyl (C=O) groups is 1. The summed E-state index contributed by atoms with van der Waals surface area (Å²) in [6.45, 7) is 3.33. The molecular weight excluding hydrogens is 462 g/mol. The Hall–Kier alpha value is -3.17. The number of carbonyl (C=O) groups excluding carboxylic acids is 1. The number of hydrogen-bond donors (Lipinski definition) is 3. The lowest BCUT2D eigenvalue weighted by Gasteiger charge is -2.28. The molecule has 2 aromatic heterocycles. The third-order valence-corrected chi connectivity index (χ3v) is 8.54. The van der Waals surface area contributed by atoms with Crippen LogP contribution in [0.3, 0.4) is 0 Å². The highest BCUT2D eigenvalue weighted by molar-refractivity contribution is 7.89. The largest absolute Gasteiger partial charge is 0.343 e. The summed E-state index contributed by atoms with van der Waals surface area (Å²) in [4.78, 5) is 22.8. The number of amides is 2. The molecule has 8 nitrogen and oxygen atoms in total. The zero-order chi connectivity index (χ0) is 24.6. The van der Waals surface area contributed by atoms with E-state index in [9.17, 15) is 13.2 Å². The first-order valence-corrected chi connectivity index (χ1v) is 13.6. The zero-order valence-corrected chi connectivity index (χ0v) is 20.9. The normalized spacial score (nSPS) is 17.1. The molecule has 35 heavy (non-hydrogen) atoms. The standard InChI is InChI=1S/C26H31N5O3S/c1-17-24(19-11-13-31(14-12-19)26(32)30-21-5-3-4-6-21)23-15-20(16-28-25(23)29-17)18-7-9-22(10-8-18)35(33,34)27-2/h7-11,15-16,21,27H,3-6,12-14H2,1-2H3,(H,28,29)(H,30,32). The second-order valence-corrected chi connectivity index (χ2v) is 11.2. The Kier molecular flexibility index (Phi) is 6.37. The molecule has 5 rings (SSSR count). The van der Waals surface area contributed by atoms with Gasteiger partial charge in [-0.1, -0.05) is 31.1 Å². The quantitative estimate of drug-likeness (QED) is 0.495. The van der Waals surface area contributed by atoms with Gasteiger partial charge in [0.1, 0.15) is 5.65 Å². The van der Waals surface area contributed by atoms with Crippen molar-refractivity contribution < 1.29 is 13.2 Å². The molecule has 2 aliphatic rings. The molecule has 2 amide bonds. The SMILES string of the molecule is CNS(=O)(=O)c1ccc(-c2cnc3[nH]c(C)c(C4=CCN(C(=O)NC5CCCC5)CC4)c3c2)cc1. The van der Waals surface area contributed by atoms with Crippen molar-refractivity contribution in [2.45, 2.75) is 50.0 Å². The fraction of sp³-hybridized carbons (Fsp3) is 0.385. The van der Waals surface area contributed by atoms with Crippen LogP contribution in [-0.2, 0) is 10.0 Å². The van der Waals surface area contributed by atoms with Crippen molar-refractivity contribution in [3.05, 3.63) is 53.9 Å². The summed E-state index contributed by atoms with van der Waals surface area (Å²) in [6.07, 6.45) is 9.29. The van der Waals surface area contributed by atoms with Crippen LogP contribution in [0, 0.1) is 6.92 Å². The lowest BCUT2D eigenvalue weighted by molar-refractivity contribution is 0.199. The number of urea groups is 1. The smallest absolute Gasteiger partial charge is 0.317 e. The van der Waals surface area contributed by atoms with E-state index in [0.29, 0.717) is 19.1 Å². The number of benzene rings is 1. The minimum Gasteiger partial charge on any atom is -0.343 e. The first kappa shape index (κ1) is 23.6. The number of fused-ring (bicyclic) bond motifs is 1. The van der Waals surface area contributed by atoms with E-state index in [2.05, 4.69) is 32.1 Å². The maximum Gasteiger partial charge on any atom is 0.317 e. The van der Waals surface area contributed by atoms with Crippen LogP contribution >= 0.6 is 0 Å². The molecule has 0 radical (unpaired) electrons. The number of nitrogens with one attached hydrogen (secondary N) is 3. The van der Waals surface area contributed by atoms with Crippen molar-refractivity contribution in [1.82, 2.24) is 24.9 Å². The molecule has 0 saturated heterocycles. The van der Waals surface area contributed by atoms with Crippen molar-refractivity contribution in [2.75, 3.05) is 20.1 Å². The van der Waals surface area contributed by atoms with Gasteiger partial charge in [0.05, 0.1) is 4.90 Å². The Bertz CT molecular complexity index is 1390. The second-order valence-electron chi connectivity index (χ2n) is 9.33. The zero-order valence-electron chi connectivity index (χ0n) is 20.1. The lowest BCUT2D eigenvalue weighted by Crippen LogP contribution is -2.45. The van der Waals surface area contributed by atoms with Crippen LogP contribution in [-0.4, -0.2) is 55.5 Å². The molecule has 1 saturated carbocycles. The average Bonchev–Trinajstić information content (AvgIpc) is 3.50. The highest BCUT2D eigenvalue weighted by atomic mass is 32.2. The molecular formula is C26H31N5O3S. The van der Waals surface area contributed by atoms with E-state index in [0.717, 1.165) is 52.7 Å². The van der Waals surface area contributed by atoms with Gasteiger partial charge >= 0.3 is 6.03 Å². The van der Waals surface area contributed by atoms with Gasteiger partial charge in [-0.2, -0.15) is 0 Å². The third-order valence-electron chi connectivity index (χ3n) is 7.10. The van der Waals surface area contributed by atoms with Crippen molar-refractivity contribution in [1.29, 1.82) is 0 Å². The second kappa shape index (κ2) is 9.47. The van der Waals surface area contributed by atoms with Crippen LogP contribution in [0.15, 0.2) is 47.5 Å². The van der Waals surface area contributed by atoms with E-state index < -0.39 is 10.0 Å². The highest BCUT2D eigenvalue weighted by Crippen LogP contribution is 2.34. The topological polar surface area (TPSA) is 107 Å². The van der Waals surface area contributed by atoms with Gasteiger partial charge in [-0.15, -0.1) is 0 Å². The van der Waals surface area contributed by atoms with Gasteiger partial charge in [-0.25, -0.2) is 22.9 Å². The van der Waals surface area contributed by atoms with Gasteiger partial charge in [-0.3, -0.25) is 0 Å². The minimum atomic E-state index is -3.48. The van der Waals surface area contributed by atoms with E-state index in [-0.39, 0.29) is 10.9 Å². The molecule has 0 bridgehead atoms. The fourth-order valence-electron chi connectivity index (χ4n) is 5.13. The number of sulfonamides is 1. The van der Waals surface area contributed by atoms with Gasteiger partial charge in [0.15, 0.2) is 0 Å². The van der Waals surface area contributed by atoms with E-state index in [4.69, 9.17) is 0 Å². The first-order valence-electron chi connectivity index (χ1n) is 12.1. The van der Waals surface area contributed by atoms with Crippen LogP contribution in [0.4, 0.5) is 4.79 Å². The van der Waals surface area contributed by atoms with Crippen LogP contribution in [0.25, 0.3) is 27.7 Å². The minimum absolute atomic E-state index is 0.0375. The van der Waals surface area contributed by atoms with E-state index >= 15 is 0 Å². The first-order chi connectivity index (χ1) is 16.9. The Balaban J connectivity index is 1.39. The summed E-state index contributed by atoms with van der Waals surface area (Å²) in [5.41, 5.74) is 6.03. The summed E-state index contributed by atoms with van der Waals surface area (Å²) in [5, 5.41) is 4.21. The Morgan fingerprint density at radius 2 is 1.89 bits per heavy atom. The molecule has 0 unspecified atom stereocenters. The van der Waals surface area contributed by atoms with E-state index in [1.165, 1.54) is 25.5 Å². The molecule has 3 aromatic rings. The van der Waals surface area contributed by atoms with E-state index in [1.807, 2.05) is 11.8 Å². The molecule has 9 heteroatoms. The molecule has 3 N–H and O–H groups in total. The lowest BCUT2D eigenvalue weighted by atomic mass is 9.96. The van der Waals surface area contributed by atoms with Gasteiger partial charge in [-0.05, 0) is 62.6 Å². The molecule has 3 heterocycles. The van der Waals surface area contributed by atoms with Crippen LogP contribution in [0.5, 0.6) is 0 Å². The number of aromatic nitrogens is 2. The van der Waals surface area contributed by atoms with Crippen molar-refractivity contribution in [3.63, 3.8) is 0 Å². The number of H-pyrrole nitrogens is 1. The van der Waals surface area contributed by atoms with Crippen LogP contribution < -0.4 is 10.0 Å². The molecule has 184 valence electrons. The van der Waals surface area contributed by atoms with Gasteiger partial charge in [0.25, 0.3) is 0 Å². The van der Waals surface area contributed by atoms with Gasteiger partial charge in [0, 0.05) is 47.5 Å². The Morgan fingerprint density at radius 1 is 1.14 bits per heavy atom. The number of hydrogen-bond acceptors (Lipinski definition) is 4. The summed E-state index contributed by atoms with van der Waals surface area (Å²) < 4.78 is 26.4. The van der Waals surface area contributed by atoms with Crippen LogP contribution in [0.2, 0.25) is 0 Å². The number of aromatic amines is 1. The Labute approximate surface area is 205 Å². The summed E-state index contributed by atoms with van der Waals surface area (Å²) in [6, 6.07) is 9.26. The third kappa shape index (κ3) is 4.70. The average molecular weight is 494 g/mol.